The maximum Gasteiger partial charge on any atom is 0.267 e. The molecule has 0 atom stereocenters. The Morgan fingerprint density at radius 1 is 1.16 bits per heavy atom. The molecule has 0 aromatic heterocycles. The van der Waals surface area contributed by atoms with Crippen molar-refractivity contribution >= 4 is 11.6 Å². The predicted octanol–water partition coefficient (Wildman–Crippen LogP) is 3.30. The van der Waals surface area contributed by atoms with Crippen LogP contribution in [0.2, 0.25) is 0 Å². The third kappa shape index (κ3) is 6.24. The Morgan fingerprint density at radius 2 is 1.90 bits per heavy atom. The van der Waals surface area contributed by atoms with Gasteiger partial charge in [-0.15, -0.1) is 0 Å². The molecule has 0 spiro atoms. The molecule has 31 heavy (non-hydrogen) atoms. The van der Waals surface area contributed by atoms with Crippen molar-refractivity contribution in [3.63, 3.8) is 0 Å². The van der Waals surface area contributed by atoms with Gasteiger partial charge in [0.15, 0.2) is 0 Å². The first kappa shape index (κ1) is 22.2. The van der Waals surface area contributed by atoms with E-state index in [1.54, 1.807) is 25.3 Å². The Kier molecular flexibility index (Phi) is 7.91. The number of ether oxygens (including phenoxy) is 2. The molecule has 162 valence electrons. The molecule has 3 rings (SSSR count). The molecule has 0 radical (unpaired) electrons. The summed E-state index contributed by atoms with van der Waals surface area (Å²) in [6.07, 6.45) is 3.42. The molecule has 7 nitrogen and oxygen atoms in total. The summed E-state index contributed by atoms with van der Waals surface area (Å²) in [5.74, 6) is 0.576. The fourth-order valence-corrected chi connectivity index (χ4v) is 3.55. The molecule has 0 saturated carbocycles. The van der Waals surface area contributed by atoms with Gasteiger partial charge in [0.2, 0.25) is 0 Å². The minimum absolute atomic E-state index is 0.0107. The first-order chi connectivity index (χ1) is 15.1. The van der Waals surface area contributed by atoms with Crippen molar-refractivity contribution in [1.82, 2.24) is 10.2 Å². The van der Waals surface area contributed by atoms with E-state index in [1.807, 2.05) is 12.1 Å². The van der Waals surface area contributed by atoms with Crippen LogP contribution in [0, 0.1) is 11.3 Å². The Balaban J connectivity index is 1.54. The highest BCUT2D eigenvalue weighted by Crippen LogP contribution is 2.29. The SMILES string of the molecule is COc1ccc(OC)c(NC(=O)/C(C#N)=C\NC2CCN(Cc3ccccc3)CC2)c1. The maximum atomic E-state index is 12.6. The Labute approximate surface area is 183 Å². The number of hydrogen-bond acceptors (Lipinski definition) is 6. The number of benzene rings is 2. The van der Waals surface area contributed by atoms with Gasteiger partial charge < -0.3 is 20.1 Å². The first-order valence-corrected chi connectivity index (χ1v) is 10.3. The maximum absolute atomic E-state index is 12.6. The zero-order chi connectivity index (χ0) is 22.1. The van der Waals surface area contributed by atoms with E-state index >= 15 is 0 Å². The van der Waals surface area contributed by atoms with E-state index in [1.165, 1.54) is 18.9 Å². The molecule has 2 N–H and O–H groups in total. The minimum Gasteiger partial charge on any atom is -0.497 e. The van der Waals surface area contributed by atoms with E-state index < -0.39 is 5.91 Å². The average Bonchev–Trinajstić information content (AvgIpc) is 2.81. The van der Waals surface area contributed by atoms with Gasteiger partial charge in [-0.2, -0.15) is 5.26 Å². The predicted molar refractivity (Wildman–Crippen MR) is 120 cm³/mol. The van der Waals surface area contributed by atoms with Gasteiger partial charge in [0, 0.05) is 37.9 Å². The third-order valence-electron chi connectivity index (χ3n) is 5.32. The summed E-state index contributed by atoms with van der Waals surface area (Å²) in [6, 6.07) is 17.7. The second-order valence-electron chi connectivity index (χ2n) is 7.39. The van der Waals surface area contributed by atoms with Gasteiger partial charge in [-0.05, 0) is 30.5 Å². The molecular weight excluding hydrogens is 392 g/mol. The Hall–Kier alpha value is -3.50. The van der Waals surface area contributed by atoms with Crippen molar-refractivity contribution in [2.24, 2.45) is 0 Å². The molecular formula is C24H28N4O3. The number of piperidine rings is 1. The van der Waals surface area contributed by atoms with Crippen LogP contribution < -0.4 is 20.1 Å². The van der Waals surface area contributed by atoms with Crippen molar-refractivity contribution in [2.45, 2.75) is 25.4 Å². The second-order valence-corrected chi connectivity index (χ2v) is 7.39. The van der Waals surface area contributed by atoms with Gasteiger partial charge in [-0.3, -0.25) is 9.69 Å². The molecule has 0 aliphatic carbocycles. The zero-order valence-electron chi connectivity index (χ0n) is 17.9. The number of anilines is 1. The molecule has 7 heteroatoms. The highest BCUT2D eigenvalue weighted by atomic mass is 16.5. The number of nitrogens with one attached hydrogen (secondary N) is 2. The van der Waals surface area contributed by atoms with Crippen LogP contribution in [0.4, 0.5) is 5.69 Å². The molecule has 1 saturated heterocycles. The number of carbonyl (C=O) groups excluding carboxylic acids is 1. The molecule has 0 unspecified atom stereocenters. The number of hydrogen-bond donors (Lipinski definition) is 2. The van der Waals surface area contributed by atoms with E-state index in [0.717, 1.165) is 32.5 Å². The van der Waals surface area contributed by atoms with E-state index in [2.05, 4.69) is 39.8 Å². The molecule has 2 aromatic carbocycles. The highest BCUT2D eigenvalue weighted by Gasteiger charge is 2.19. The summed E-state index contributed by atoms with van der Waals surface area (Å²) >= 11 is 0. The van der Waals surface area contributed by atoms with Gasteiger partial charge in [-0.25, -0.2) is 0 Å². The summed E-state index contributed by atoms with van der Waals surface area (Å²) < 4.78 is 10.5. The van der Waals surface area contributed by atoms with Gasteiger partial charge >= 0.3 is 0 Å². The lowest BCUT2D eigenvalue weighted by Crippen LogP contribution is -2.40. The van der Waals surface area contributed by atoms with E-state index in [0.29, 0.717) is 17.2 Å². The average molecular weight is 421 g/mol. The first-order valence-electron chi connectivity index (χ1n) is 10.3. The zero-order valence-corrected chi connectivity index (χ0v) is 17.9. The van der Waals surface area contributed by atoms with Gasteiger partial charge in [0.1, 0.15) is 23.1 Å². The van der Waals surface area contributed by atoms with Crippen molar-refractivity contribution in [1.29, 1.82) is 5.26 Å². The van der Waals surface area contributed by atoms with Crippen LogP contribution in [0.1, 0.15) is 18.4 Å². The van der Waals surface area contributed by atoms with Crippen LogP contribution in [0.15, 0.2) is 60.3 Å². The molecule has 1 heterocycles. The monoisotopic (exact) mass is 420 g/mol. The van der Waals surface area contributed by atoms with Crippen LogP contribution in [0.25, 0.3) is 0 Å². The normalized spacial score (nSPS) is 15.1. The van der Waals surface area contributed by atoms with Crippen LogP contribution in [0.3, 0.4) is 0 Å². The Morgan fingerprint density at radius 3 is 2.55 bits per heavy atom. The summed E-state index contributed by atoms with van der Waals surface area (Å²) in [6.45, 7) is 2.88. The van der Waals surface area contributed by atoms with E-state index in [-0.39, 0.29) is 11.6 Å². The molecule has 2 aromatic rings. The number of carbonyl (C=O) groups is 1. The second kappa shape index (κ2) is 11.0. The molecule has 1 fully saturated rings. The molecule has 1 aliphatic rings. The van der Waals surface area contributed by atoms with E-state index in [4.69, 9.17) is 9.47 Å². The number of methoxy groups -OCH3 is 2. The topological polar surface area (TPSA) is 86.6 Å². The largest absolute Gasteiger partial charge is 0.497 e. The fraction of sp³-hybridized carbons (Fsp3) is 0.333. The highest BCUT2D eigenvalue weighted by molar-refractivity contribution is 6.07. The molecule has 1 amide bonds. The minimum atomic E-state index is -0.497. The lowest BCUT2D eigenvalue weighted by atomic mass is 10.0. The van der Waals surface area contributed by atoms with Crippen molar-refractivity contribution < 1.29 is 14.3 Å². The van der Waals surface area contributed by atoms with Crippen LogP contribution in [0.5, 0.6) is 11.5 Å². The smallest absolute Gasteiger partial charge is 0.267 e. The number of amides is 1. The van der Waals surface area contributed by atoms with Gasteiger partial charge in [0.05, 0.1) is 19.9 Å². The summed E-state index contributed by atoms with van der Waals surface area (Å²) in [5, 5.41) is 15.4. The number of rotatable bonds is 8. The van der Waals surface area contributed by atoms with Gasteiger partial charge in [-0.1, -0.05) is 30.3 Å². The lowest BCUT2D eigenvalue weighted by Gasteiger charge is -2.32. The van der Waals surface area contributed by atoms with Crippen LogP contribution in [-0.4, -0.2) is 44.2 Å². The number of likely N-dealkylation sites (tertiary alicyclic amines) is 1. The van der Waals surface area contributed by atoms with Gasteiger partial charge in [0.25, 0.3) is 5.91 Å². The standard InChI is InChI=1S/C24H28N4O3/c1-30-21-8-9-23(31-2)22(14-21)27-24(29)19(15-25)16-26-20-10-12-28(13-11-20)17-18-6-4-3-5-7-18/h3-9,14,16,20,26H,10-13,17H2,1-2H3,(H,27,29)/b19-16-. The number of nitriles is 1. The van der Waals surface area contributed by atoms with E-state index in [9.17, 15) is 10.1 Å². The van der Waals surface area contributed by atoms with Crippen LogP contribution in [-0.2, 0) is 11.3 Å². The van der Waals surface area contributed by atoms with Crippen molar-refractivity contribution in [3.8, 4) is 17.6 Å². The lowest BCUT2D eigenvalue weighted by molar-refractivity contribution is -0.112. The summed E-state index contributed by atoms with van der Waals surface area (Å²) in [5.41, 5.74) is 1.77. The van der Waals surface area contributed by atoms with Crippen molar-refractivity contribution in [3.05, 3.63) is 65.9 Å². The summed E-state index contributed by atoms with van der Waals surface area (Å²) in [7, 11) is 3.06. The third-order valence-corrected chi connectivity index (χ3v) is 5.32. The quantitative estimate of drug-likeness (QED) is 0.503. The summed E-state index contributed by atoms with van der Waals surface area (Å²) in [4.78, 5) is 15.0. The van der Waals surface area contributed by atoms with Crippen LogP contribution >= 0.6 is 0 Å². The fourth-order valence-electron chi connectivity index (χ4n) is 3.55. The molecule has 1 aliphatic heterocycles. The Bertz CT molecular complexity index is 945. The molecule has 0 bridgehead atoms. The van der Waals surface area contributed by atoms with Crippen molar-refractivity contribution in [2.75, 3.05) is 32.6 Å². The number of nitrogens with zero attached hydrogens (tertiary/aromatic N) is 2.